The number of piperidine rings is 1. The summed E-state index contributed by atoms with van der Waals surface area (Å²) in [5.41, 5.74) is 2.37. The van der Waals surface area contributed by atoms with Gasteiger partial charge in [-0.15, -0.1) is 0 Å². The van der Waals surface area contributed by atoms with E-state index in [0.29, 0.717) is 13.2 Å². The van der Waals surface area contributed by atoms with Gasteiger partial charge < -0.3 is 14.8 Å². The Labute approximate surface area is 166 Å². The first-order chi connectivity index (χ1) is 13.7. The van der Waals surface area contributed by atoms with Gasteiger partial charge in [-0.1, -0.05) is 36.4 Å². The second-order valence-electron chi connectivity index (χ2n) is 7.67. The molecule has 0 bridgehead atoms. The Bertz CT molecular complexity index is 801. The summed E-state index contributed by atoms with van der Waals surface area (Å²) in [5, 5.41) is 3.18. The van der Waals surface area contributed by atoms with Crippen molar-refractivity contribution in [3.05, 3.63) is 59.7 Å². The zero-order valence-electron chi connectivity index (χ0n) is 16.4. The van der Waals surface area contributed by atoms with Gasteiger partial charge in [-0.2, -0.15) is 0 Å². The molecule has 0 spiro atoms. The van der Waals surface area contributed by atoms with Crippen molar-refractivity contribution in [1.82, 2.24) is 10.2 Å². The SMILES string of the molecule is C[C@H](NC(=O)C1CCN(Cc2ccccc2)CC1)c1ccc2c(c1)OCCO2. The van der Waals surface area contributed by atoms with E-state index < -0.39 is 0 Å². The molecule has 0 radical (unpaired) electrons. The second kappa shape index (κ2) is 8.65. The summed E-state index contributed by atoms with van der Waals surface area (Å²) in [6, 6.07) is 16.4. The molecule has 5 nitrogen and oxygen atoms in total. The van der Waals surface area contributed by atoms with Gasteiger partial charge in [0.1, 0.15) is 13.2 Å². The fourth-order valence-corrected chi connectivity index (χ4v) is 3.94. The Morgan fingerprint density at radius 2 is 1.79 bits per heavy atom. The minimum Gasteiger partial charge on any atom is -0.486 e. The highest BCUT2D eigenvalue weighted by molar-refractivity contribution is 5.79. The molecule has 2 aromatic rings. The summed E-state index contributed by atoms with van der Waals surface area (Å²) in [6.45, 7) is 6.06. The summed E-state index contributed by atoms with van der Waals surface area (Å²) in [6.07, 6.45) is 1.82. The van der Waals surface area contributed by atoms with Crippen LogP contribution in [0.3, 0.4) is 0 Å². The number of carbonyl (C=O) groups excluding carboxylic acids is 1. The number of carbonyl (C=O) groups is 1. The fraction of sp³-hybridized carbons (Fsp3) is 0.435. The summed E-state index contributed by atoms with van der Waals surface area (Å²) in [7, 11) is 0. The predicted octanol–water partition coefficient (Wildman–Crippen LogP) is 3.55. The standard InChI is InChI=1S/C23H28N2O3/c1-17(20-7-8-21-22(15-20)28-14-13-27-21)24-23(26)19-9-11-25(12-10-19)16-18-5-3-2-4-6-18/h2-8,15,17,19H,9-14,16H2,1H3,(H,24,26)/t17-/m0/s1. The summed E-state index contributed by atoms with van der Waals surface area (Å²) in [5.74, 6) is 1.78. The van der Waals surface area contributed by atoms with Crippen LogP contribution < -0.4 is 14.8 Å². The molecule has 1 N–H and O–H groups in total. The number of benzene rings is 2. The minimum absolute atomic E-state index is 0.0503. The van der Waals surface area contributed by atoms with E-state index >= 15 is 0 Å². The number of nitrogens with one attached hydrogen (secondary N) is 1. The third-order valence-electron chi connectivity index (χ3n) is 5.63. The van der Waals surface area contributed by atoms with E-state index in [-0.39, 0.29) is 17.9 Å². The number of nitrogens with zero attached hydrogens (tertiary/aromatic N) is 1. The molecule has 0 unspecified atom stereocenters. The third-order valence-corrected chi connectivity index (χ3v) is 5.63. The van der Waals surface area contributed by atoms with E-state index in [4.69, 9.17) is 9.47 Å². The van der Waals surface area contributed by atoms with Gasteiger partial charge in [0.15, 0.2) is 11.5 Å². The van der Waals surface area contributed by atoms with Crippen molar-refractivity contribution in [2.24, 2.45) is 5.92 Å². The summed E-state index contributed by atoms with van der Waals surface area (Å²) >= 11 is 0. The van der Waals surface area contributed by atoms with Crippen LogP contribution in [0.2, 0.25) is 0 Å². The maximum absolute atomic E-state index is 12.8. The number of likely N-dealkylation sites (tertiary alicyclic amines) is 1. The predicted molar refractivity (Wildman–Crippen MR) is 108 cm³/mol. The van der Waals surface area contributed by atoms with Crippen LogP contribution >= 0.6 is 0 Å². The molecule has 2 aliphatic heterocycles. The molecule has 4 rings (SSSR count). The van der Waals surface area contributed by atoms with Crippen LogP contribution in [0.15, 0.2) is 48.5 Å². The summed E-state index contributed by atoms with van der Waals surface area (Å²) in [4.78, 5) is 15.2. The molecule has 148 valence electrons. The fourth-order valence-electron chi connectivity index (χ4n) is 3.94. The van der Waals surface area contributed by atoms with Crippen LogP contribution in [0.1, 0.15) is 36.9 Å². The van der Waals surface area contributed by atoms with Gasteiger partial charge in [-0.05, 0) is 56.1 Å². The Kier molecular flexibility index (Phi) is 5.81. The largest absolute Gasteiger partial charge is 0.486 e. The average molecular weight is 380 g/mol. The highest BCUT2D eigenvalue weighted by atomic mass is 16.6. The van der Waals surface area contributed by atoms with E-state index in [1.807, 2.05) is 31.2 Å². The van der Waals surface area contributed by atoms with Crippen molar-refractivity contribution in [3.63, 3.8) is 0 Å². The molecule has 5 heteroatoms. The van der Waals surface area contributed by atoms with Crippen LogP contribution in [0, 0.1) is 5.92 Å². The van der Waals surface area contributed by atoms with Gasteiger partial charge in [0, 0.05) is 12.5 Å². The van der Waals surface area contributed by atoms with E-state index in [0.717, 1.165) is 49.5 Å². The number of fused-ring (bicyclic) bond motifs is 1. The maximum Gasteiger partial charge on any atom is 0.223 e. The molecular formula is C23H28N2O3. The lowest BCUT2D eigenvalue weighted by Gasteiger charge is -2.32. The normalized spacial score (nSPS) is 18.5. The molecule has 0 saturated carbocycles. The van der Waals surface area contributed by atoms with Crippen LogP contribution in [-0.4, -0.2) is 37.1 Å². The Morgan fingerprint density at radius 1 is 1.07 bits per heavy atom. The molecule has 0 aliphatic carbocycles. The van der Waals surface area contributed by atoms with Gasteiger partial charge in [0.05, 0.1) is 6.04 Å². The molecule has 1 atom stereocenters. The first-order valence-corrected chi connectivity index (χ1v) is 10.2. The number of rotatable bonds is 5. The highest BCUT2D eigenvalue weighted by Crippen LogP contribution is 2.32. The van der Waals surface area contributed by atoms with Gasteiger partial charge >= 0.3 is 0 Å². The van der Waals surface area contributed by atoms with Crippen LogP contribution in [0.5, 0.6) is 11.5 Å². The average Bonchev–Trinajstić information content (AvgIpc) is 2.74. The molecule has 0 aromatic heterocycles. The number of hydrogen-bond donors (Lipinski definition) is 1. The first-order valence-electron chi connectivity index (χ1n) is 10.2. The van der Waals surface area contributed by atoms with E-state index in [2.05, 4.69) is 34.5 Å². The number of hydrogen-bond acceptors (Lipinski definition) is 4. The third kappa shape index (κ3) is 4.47. The van der Waals surface area contributed by atoms with Crippen LogP contribution in [-0.2, 0) is 11.3 Å². The minimum atomic E-state index is -0.0503. The molecule has 2 aromatic carbocycles. The first kappa shape index (κ1) is 18.8. The summed E-state index contributed by atoms with van der Waals surface area (Å²) < 4.78 is 11.2. The zero-order valence-corrected chi connectivity index (χ0v) is 16.4. The van der Waals surface area contributed by atoms with Crippen molar-refractivity contribution in [1.29, 1.82) is 0 Å². The number of ether oxygens (including phenoxy) is 2. The lowest BCUT2D eigenvalue weighted by Crippen LogP contribution is -2.40. The maximum atomic E-state index is 12.8. The van der Waals surface area contributed by atoms with Gasteiger partial charge in [0.25, 0.3) is 0 Å². The van der Waals surface area contributed by atoms with Crippen LogP contribution in [0.4, 0.5) is 0 Å². The van der Waals surface area contributed by atoms with Crippen molar-refractivity contribution in [3.8, 4) is 11.5 Å². The molecule has 1 saturated heterocycles. The molecule has 1 amide bonds. The molecule has 1 fully saturated rings. The molecule has 2 aliphatic rings. The molecular weight excluding hydrogens is 352 g/mol. The quantitative estimate of drug-likeness (QED) is 0.862. The van der Waals surface area contributed by atoms with Gasteiger partial charge in [-0.25, -0.2) is 0 Å². The van der Waals surface area contributed by atoms with Gasteiger partial charge in [-0.3, -0.25) is 9.69 Å². The van der Waals surface area contributed by atoms with Crippen molar-refractivity contribution >= 4 is 5.91 Å². The lowest BCUT2D eigenvalue weighted by molar-refractivity contribution is -0.127. The van der Waals surface area contributed by atoms with E-state index in [1.165, 1.54) is 5.56 Å². The zero-order chi connectivity index (χ0) is 19.3. The highest BCUT2D eigenvalue weighted by Gasteiger charge is 2.26. The van der Waals surface area contributed by atoms with E-state index in [9.17, 15) is 4.79 Å². The topological polar surface area (TPSA) is 50.8 Å². The Hall–Kier alpha value is -2.53. The van der Waals surface area contributed by atoms with Crippen molar-refractivity contribution in [2.45, 2.75) is 32.4 Å². The van der Waals surface area contributed by atoms with Crippen LogP contribution in [0.25, 0.3) is 0 Å². The molecule has 2 heterocycles. The second-order valence-corrected chi connectivity index (χ2v) is 7.67. The van der Waals surface area contributed by atoms with Crippen molar-refractivity contribution in [2.75, 3.05) is 26.3 Å². The Morgan fingerprint density at radius 3 is 2.54 bits per heavy atom. The lowest BCUT2D eigenvalue weighted by atomic mass is 9.94. The van der Waals surface area contributed by atoms with Gasteiger partial charge in [0.2, 0.25) is 5.91 Å². The monoisotopic (exact) mass is 380 g/mol. The van der Waals surface area contributed by atoms with Crippen molar-refractivity contribution < 1.29 is 14.3 Å². The van der Waals surface area contributed by atoms with E-state index in [1.54, 1.807) is 0 Å². The molecule has 28 heavy (non-hydrogen) atoms. The Balaban J connectivity index is 1.28. The number of amides is 1. The smallest absolute Gasteiger partial charge is 0.223 e.